The molecule has 7 heteroatoms. The van der Waals surface area contributed by atoms with Crippen LogP contribution in [0, 0.1) is 0 Å². The number of imidazole rings is 1. The van der Waals surface area contributed by atoms with Crippen LogP contribution in [-0.4, -0.2) is 27.9 Å². The molecular weight excluding hydrogens is 488 g/mol. The van der Waals surface area contributed by atoms with E-state index in [-0.39, 0.29) is 6.79 Å². The Kier molecular flexibility index (Phi) is 8.81. The number of hydrogen-bond acceptors (Lipinski definition) is 6. The van der Waals surface area contributed by atoms with Crippen LogP contribution in [0.15, 0.2) is 72.8 Å². The maximum atomic E-state index is 6.29. The molecule has 0 spiro atoms. The Balaban J connectivity index is 1.51. The molecule has 0 aliphatic carbocycles. The topological polar surface area (TPSA) is 74.8 Å². The molecule has 0 saturated heterocycles. The van der Waals surface area contributed by atoms with Crippen molar-refractivity contribution in [2.45, 2.75) is 59.4 Å². The third-order valence-corrected chi connectivity index (χ3v) is 6.95. The minimum Gasteiger partial charge on any atom is -0.494 e. The molecule has 0 atom stereocenters. The van der Waals surface area contributed by atoms with Crippen LogP contribution in [-0.2, 0) is 32.7 Å². The Hall–Kier alpha value is -3.81. The van der Waals surface area contributed by atoms with E-state index >= 15 is 0 Å². The van der Waals surface area contributed by atoms with E-state index in [0.29, 0.717) is 19.7 Å². The Labute approximate surface area is 231 Å². The summed E-state index contributed by atoms with van der Waals surface area (Å²) in [4.78, 5) is 7.50. The largest absolute Gasteiger partial charge is 0.494 e. The zero-order chi connectivity index (χ0) is 27.0. The molecule has 1 aliphatic heterocycles. The molecule has 3 aromatic carbocycles. The van der Waals surface area contributed by atoms with Crippen LogP contribution in [0.3, 0.4) is 0 Å². The Morgan fingerprint density at radius 2 is 1.69 bits per heavy atom. The molecule has 7 nitrogen and oxygen atoms in total. The van der Waals surface area contributed by atoms with Crippen LogP contribution in [0.25, 0.3) is 11.4 Å². The van der Waals surface area contributed by atoms with E-state index in [0.717, 1.165) is 72.4 Å². The highest BCUT2D eigenvalue weighted by atomic mass is 16.7. The van der Waals surface area contributed by atoms with Crippen LogP contribution in [0.5, 0.6) is 17.2 Å². The maximum Gasteiger partial charge on any atom is 0.231 e. The number of nitrogens with two attached hydrogens (primary N) is 1. The first-order chi connectivity index (χ1) is 19.2. The van der Waals surface area contributed by atoms with Gasteiger partial charge in [0.25, 0.3) is 0 Å². The van der Waals surface area contributed by atoms with E-state index in [1.165, 1.54) is 11.3 Å². The van der Waals surface area contributed by atoms with Crippen molar-refractivity contribution < 1.29 is 14.2 Å². The number of hydrogen-bond donors (Lipinski definition) is 1. The van der Waals surface area contributed by atoms with Crippen molar-refractivity contribution in [3.05, 3.63) is 95.3 Å². The van der Waals surface area contributed by atoms with Gasteiger partial charge in [0.2, 0.25) is 6.79 Å². The van der Waals surface area contributed by atoms with E-state index < -0.39 is 0 Å². The monoisotopic (exact) mass is 526 g/mol. The van der Waals surface area contributed by atoms with E-state index in [9.17, 15) is 0 Å². The number of ether oxygens (including phenoxy) is 3. The predicted octanol–water partition coefficient (Wildman–Crippen LogP) is 6.14. The summed E-state index contributed by atoms with van der Waals surface area (Å²) in [5, 5.41) is 0. The minimum absolute atomic E-state index is 0.269. The second-order valence-electron chi connectivity index (χ2n) is 9.82. The SMILES string of the molecule is CCCCn1c(-c2ccccc2)nc(CN)c1CN(Cc1cccc(OCC)c1)Cc1ccc2c(c1)OCO2. The number of fused-ring (bicyclic) bond motifs is 1. The van der Waals surface area contributed by atoms with Gasteiger partial charge in [-0.15, -0.1) is 0 Å². The molecule has 0 radical (unpaired) electrons. The first-order valence-corrected chi connectivity index (χ1v) is 13.8. The van der Waals surface area contributed by atoms with Gasteiger partial charge in [-0.2, -0.15) is 0 Å². The van der Waals surface area contributed by atoms with Gasteiger partial charge in [-0.05, 0) is 48.7 Å². The second kappa shape index (κ2) is 12.8. The van der Waals surface area contributed by atoms with Crippen molar-refractivity contribution in [3.63, 3.8) is 0 Å². The van der Waals surface area contributed by atoms with Gasteiger partial charge in [-0.1, -0.05) is 61.9 Å². The molecule has 0 fully saturated rings. The van der Waals surface area contributed by atoms with Crippen molar-refractivity contribution >= 4 is 0 Å². The summed E-state index contributed by atoms with van der Waals surface area (Å²) < 4.78 is 19.4. The lowest BCUT2D eigenvalue weighted by Crippen LogP contribution is -2.25. The molecule has 0 saturated carbocycles. The minimum atomic E-state index is 0.269. The van der Waals surface area contributed by atoms with Gasteiger partial charge in [-0.3, -0.25) is 4.90 Å². The molecule has 0 unspecified atom stereocenters. The molecule has 204 valence electrons. The maximum absolute atomic E-state index is 6.29. The third-order valence-electron chi connectivity index (χ3n) is 6.95. The smallest absolute Gasteiger partial charge is 0.231 e. The second-order valence-corrected chi connectivity index (χ2v) is 9.82. The molecule has 2 heterocycles. The number of nitrogens with zero attached hydrogens (tertiary/aromatic N) is 3. The highest BCUT2D eigenvalue weighted by Crippen LogP contribution is 2.33. The first-order valence-electron chi connectivity index (χ1n) is 13.8. The highest BCUT2D eigenvalue weighted by molar-refractivity contribution is 5.57. The van der Waals surface area contributed by atoms with Gasteiger partial charge in [0.15, 0.2) is 11.5 Å². The van der Waals surface area contributed by atoms with Crippen LogP contribution in [0.2, 0.25) is 0 Å². The zero-order valence-electron chi connectivity index (χ0n) is 22.9. The van der Waals surface area contributed by atoms with Crippen molar-refractivity contribution in [2.24, 2.45) is 5.73 Å². The molecule has 0 bridgehead atoms. The van der Waals surface area contributed by atoms with Gasteiger partial charge in [0.1, 0.15) is 11.6 Å². The molecule has 5 rings (SSSR count). The van der Waals surface area contributed by atoms with E-state index in [2.05, 4.69) is 71.0 Å². The third kappa shape index (κ3) is 6.44. The predicted molar refractivity (Wildman–Crippen MR) is 154 cm³/mol. The van der Waals surface area contributed by atoms with Crippen molar-refractivity contribution in [2.75, 3.05) is 13.4 Å². The fourth-order valence-corrected chi connectivity index (χ4v) is 5.08. The lowest BCUT2D eigenvalue weighted by Gasteiger charge is -2.25. The molecule has 4 aromatic rings. The molecule has 39 heavy (non-hydrogen) atoms. The Morgan fingerprint density at radius 3 is 2.46 bits per heavy atom. The van der Waals surface area contributed by atoms with E-state index in [4.69, 9.17) is 24.9 Å². The fourth-order valence-electron chi connectivity index (χ4n) is 5.08. The Bertz CT molecular complexity index is 1370. The molecular formula is C32H38N4O3. The number of rotatable bonds is 13. The van der Waals surface area contributed by atoms with Crippen molar-refractivity contribution in [1.29, 1.82) is 0 Å². The van der Waals surface area contributed by atoms with Crippen LogP contribution >= 0.6 is 0 Å². The average Bonchev–Trinajstić information content (AvgIpc) is 3.57. The van der Waals surface area contributed by atoms with E-state index in [1.54, 1.807) is 0 Å². The number of benzene rings is 3. The van der Waals surface area contributed by atoms with Crippen LogP contribution in [0.4, 0.5) is 0 Å². The zero-order valence-corrected chi connectivity index (χ0v) is 22.9. The summed E-state index contributed by atoms with van der Waals surface area (Å²) in [7, 11) is 0. The molecule has 1 aromatic heterocycles. The lowest BCUT2D eigenvalue weighted by atomic mass is 10.1. The van der Waals surface area contributed by atoms with Crippen LogP contribution < -0.4 is 19.9 Å². The average molecular weight is 527 g/mol. The van der Waals surface area contributed by atoms with Crippen LogP contribution in [0.1, 0.15) is 49.2 Å². The summed E-state index contributed by atoms with van der Waals surface area (Å²) in [6.45, 7) is 8.64. The summed E-state index contributed by atoms with van der Waals surface area (Å²) in [5.41, 5.74) is 11.9. The highest BCUT2D eigenvalue weighted by Gasteiger charge is 2.21. The molecule has 1 aliphatic rings. The Morgan fingerprint density at radius 1 is 0.897 bits per heavy atom. The standard InChI is InChI=1S/C32H38N4O3/c1-3-5-16-36-29(28(19-33)34-32(36)26-11-7-6-8-12-26)22-35(20-24-10-9-13-27(17-24)37-4-2)21-25-14-15-30-31(18-25)39-23-38-30/h6-15,17-18H,3-5,16,19-23,33H2,1-2H3. The first kappa shape index (κ1) is 26.8. The van der Waals surface area contributed by atoms with Crippen molar-refractivity contribution in [3.8, 4) is 28.6 Å². The molecule has 0 amide bonds. The normalized spacial score (nSPS) is 12.3. The summed E-state index contributed by atoms with van der Waals surface area (Å²) in [6, 6.07) is 25.0. The number of aromatic nitrogens is 2. The van der Waals surface area contributed by atoms with Gasteiger partial charge in [-0.25, -0.2) is 4.98 Å². The van der Waals surface area contributed by atoms with E-state index in [1.807, 2.05) is 25.1 Å². The summed E-state index contributed by atoms with van der Waals surface area (Å²) >= 11 is 0. The number of unbranched alkanes of at least 4 members (excludes halogenated alkanes) is 1. The summed E-state index contributed by atoms with van der Waals surface area (Å²) in [5.74, 6) is 3.47. The molecule has 2 N–H and O–H groups in total. The quantitative estimate of drug-likeness (QED) is 0.226. The van der Waals surface area contributed by atoms with Crippen molar-refractivity contribution in [1.82, 2.24) is 14.5 Å². The lowest BCUT2D eigenvalue weighted by molar-refractivity contribution is 0.174. The van der Waals surface area contributed by atoms with Gasteiger partial charge < -0.3 is 24.5 Å². The summed E-state index contributed by atoms with van der Waals surface area (Å²) in [6.07, 6.45) is 2.18. The fraction of sp³-hybridized carbons (Fsp3) is 0.344. The van der Waals surface area contributed by atoms with Gasteiger partial charge in [0.05, 0.1) is 18.0 Å². The van der Waals surface area contributed by atoms with Gasteiger partial charge >= 0.3 is 0 Å². The van der Waals surface area contributed by atoms with Gasteiger partial charge in [0, 0.05) is 38.3 Å².